The Balaban J connectivity index is 1.83. The van der Waals surface area contributed by atoms with Gasteiger partial charge in [-0.15, -0.1) is 0 Å². The summed E-state index contributed by atoms with van der Waals surface area (Å²) in [5, 5.41) is 0. The zero-order chi connectivity index (χ0) is 16.4. The molecule has 0 fully saturated rings. The summed E-state index contributed by atoms with van der Waals surface area (Å²) in [7, 11) is -3.49. The van der Waals surface area contributed by atoms with Gasteiger partial charge in [-0.05, 0) is 43.3 Å². The fourth-order valence-electron chi connectivity index (χ4n) is 2.12. The molecule has 6 heteroatoms. The van der Waals surface area contributed by atoms with Crippen LogP contribution >= 0.6 is 0 Å². The van der Waals surface area contributed by atoms with Gasteiger partial charge in [0, 0.05) is 5.56 Å². The van der Waals surface area contributed by atoms with E-state index < -0.39 is 9.84 Å². The quantitative estimate of drug-likeness (QED) is 0.730. The fraction of sp³-hybridized carbons (Fsp3) is 0.118. The van der Waals surface area contributed by atoms with Crippen LogP contribution in [0.3, 0.4) is 0 Å². The van der Waals surface area contributed by atoms with Crippen molar-refractivity contribution in [2.75, 3.05) is 0 Å². The second kappa shape index (κ2) is 5.96. The van der Waals surface area contributed by atoms with Crippen LogP contribution in [0.1, 0.15) is 11.3 Å². The van der Waals surface area contributed by atoms with Crippen molar-refractivity contribution >= 4 is 9.84 Å². The Morgan fingerprint density at radius 3 is 2.35 bits per heavy atom. The van der Waals surface area contributed by atoms with E-state index in [0.717, 1.165) is 5.56 Å². The van der Waals surface area contributed by atoms with E-state index in [1.807, 2.05) is 6.92 Å². The molecule has 1 heterocycles. The van der Waals surface area contributed by atoms with Gasteiger partial charge in [-0.25, -0.2) is 17.8 Å². The number of rotatable bonds is 4. The van der Waals surface area contributed by atoms with Crippen molar-refractivity contribution in [2.45, 2.75) is 17.6 Å². The number of benzene rings is 2. The normalized spacial score (nSPS) is 11.6. The molecule has 0 radical (unpaired) electrons. The lowest BCUT2D eigenvalue weighted by Crippen LogP contribution is -2.05. The van der Waals surface area contributed by atoms with Crippen LogP contribution in [0.2, 0.25) is 0 Å². The van der Waals surface area contributed by atoms with Gasteiger partial charge in [0.05, 0.1) is 10.6 Å². The molecule has 0 saturated carbocycles. The molecule has 23 heavy (non-hydrogen) atoms. The molecule has 3 aromatic rings. The van der Waals surface area contributed by atoms with Gasteiger partial charge in [-0.3, -0.25) is 0 Å². The van der Waals surface area contributed by atoms with Gasteiger partial charge >= 0.3 is 0 Å². The summed E-state index contributed by atoms with van der Waals surface area (Å²) in [6, 6.07) is 12.3. The molecule has 0 aliphatic carbocycles. The highest BCUT2D eigenvalue weighted by Gasteiger charge is 2.18. The summed E-state index contributed by atoms with van der Waals surface area (Å²) in [4.78, 5) is 4.41. The monoisotopic (exact) mass is 331 g/mol. The van der Waals surface area contributed by atoms with Crippen LogP contribution in [-0.2, 0) is 15.6 Å². The van der Waals surface area contributed by atoms with Crippen LogP contribution in [-0.4, -0.2) is 13.4 Å². The maximum atomic E-state index is 12.9. The van der Waals surface area contributed by atoms with Gasteiger partial charge < -0.3 is 4.42 Å². The summed E-state index contributed by atoms with van der Waals surface area (Å²) in [5.74, 6) is -0.345. The Morgan fingerprint density at radius 1 is 1.04 bits per heavy atom. The number of sulfone groups is 1. The van der Waals surface area contributed by atoms with Gasteiger partial charge in [0.15, 0.2) is 9.84 Å². The van der Waals surface area contributed by atoms with Crippen molar-refractivity contribution < 1.29 is 17.2 Å². The number of oxazole rings is 1. The summed E-state index contributed by atoms with van der Waals surface area (Å²) in [6.07, 6.45) is 1.31. The minimum Gasteiger partial charge on any atom is -0.444 e. The molecular weight excluding hydrogens is 317 g/mol. The molecule has 0 aliphatic heterocycles. The highest BCUT2D eigenvalue weighted by molar-refractivity contribution is 7.90. The molecule has 3 rings (SSSR count). The number of hydrogen-bond acceptors (Lipinski definition) is 4. The average Bonchev–Trinajstić information content (AvgIpc) is 2.96. The zero-order valence-corrected chi connectivity index (χ0v) is 13.2. The number of aryl methyl sites for hydroxylation is 1. The third-order valence-corrected chi connectivity index (χ3v) is 5.03. The van der Waals surface area contributed by atoms with Crippen LogP contribution < -0.4 is 0 Å². The number of aromatic nitrogens is 1. The van der Waals surface area contributed by atoms with Gasteiger partial charge in [-0.2, -0.15) is 0 Å². The Hall–Kier alpha value is -2.47. The molecule has 0 saturated heterocycles. The van der Waals surface area contributed by atoms with Crippen molar-refractivity contribution in [2.24, 2.45) is 0 Å². The SMILES string of the molecule is Cc1ccc(S(=O)(=O)Cc2coc(-c3ccc(F)cc3)n2)cc1. The van der Waals surface area contributed by atoms with Crippen molar-refractivity contribution in [3.05, 3.63) is 71.9 Å². The Labute approximate surface area is 133 Å². The average molecular weight is 331 g/mol. The molecule has 0 amide bonds. The summed E-state index contributed by atoms with van der Waals surface area (Å²) >= 11 is 0. The highest BCUT2D eigenvalue weighted by Crippen LogP contribution is 2.22. The van der Waals surface area contributed by atoms with Crippen molar-refractivity contribution in [1.82, 2.24) is 4.98 Å². The number of halogens is 1. The van der Waals surface area contributed by atoms with E-state index in [2.05, 4.69) is 4.98 Å². The van der Waals surface area contributed by atoms with Gasteiger partial charge in [0.2, 0.25) is 5.89 Å². The first kappa shape index (κ1) is 15.4. The minimum atomic E-state index is -3.49. The molecule has 0 spiro atoms. The topological polar surface area (TPSA) is 60.2 Å². The van der Waals surface area contributed by atoms with Crippen molar-refractivity contribution in [1.29, 1.82) is 0 Å². The maximum Gasteiger partial charge on any atom is 0.226 e. The summed E-state index contributed by atoms with van der Waals surface area (Å²) in [5.41, 5.74) is 1.89. The van der Waals surface area contributed by atoms with Gasteiger partial charge in [0.1, 0.15) is 17.8 Å². The third-order valence-electron chi connectivity index (χ3n) is 3.36. The lowest BCUT2D eigenvalue weighted by Gasteiger charge is -2.02. The van der Waals surface area contributed by atoms with E-state index in [9.17, 15) is 12.8 Å². The van der Waals surface area contributed by atoms with E-state index in [4.69, 9.17) is 4.42 Å². The van der Waals surface area contributed by atoms with Gasteiger partial charge in [-0.1, -0.05) is 17.7 Å². The Bertz CT molecular complexity index is 913. The first-order valence-corrected chi connectivity index (χ1v) is 8.59. The van der Waals surface area contributed by atoms with E-state index >= 15 is 0 Å². The first-order valence-electron chi connectivity index (χ1n) is 6.94. The molecule has 0 aliphatic rings. The lowest BCUT2D eigenvalue weighted by molar-refractivity contribution is 0.571. The smallest absolute Gasteiger partial charge is 0.226 e. The number of nitrogens with zero attached hydrogens (tertiary/aromatic N) is 1. The van der Waals surface area contributed by atoms with Crippen LogP contribution in [0.25, 0.3) is 11.5 Å². The van der Waals surface area contributed by atoms with E-state index in [1.165, 1.54) is 30.5 Å². The predicted molar refractivity (Wildman–Crippen MR) is 84.0 cm³/mol. The van der Waals surface area contributed by atoms with Crippen LogP contribution in [0.15, 0.2) is 64.1 Å². The summed E-state index contributed by atoms with van der Waals surface area (Å²) in [6.45, 7) is 1.89. The van der Waals surface area contributed by atoms with Crippen LogP contribution in [0.5, 0.6) is 0 Å². The lowest BCUT2D eigenvalue weighted by atomic mass is 10.2. The minimum absolute atomic E-state index is 0.245. The molecule has 0 N–H and O–H groups in total. The van der Waals surface area contributed by atoms with Crippen LogP contribution in [0.4, 0.5) is 4.39 Å². The molecular formula is C17H14FNO3S. The predicted octanol–water partition coefficient (Wildman–Crippen LogP) is 3.76. The highest BCUT2D eigenvalue weighted by atomic mass is 32.2. The molecule has 118 valence electrons. The largest absolute Gasteiger partial charge is 0.444 e. The molecule has 0 atom stereocenters. The molecule has 0 unspecified atom stereocenters. The van der Waals surface area contributed by atoms with E-state index in [1.54, 1.807) is 24.3 Å². The number of hydrogen-bond donors (Lipinski definition) is 0. The zero-order valence-electron chi connectivity index (χ0n) is 12.4. The second-order valence-corrected chi connectivity index (χ2v) is 7.21. The third kappa shape index (κ3) is 3.48. The first-order chi connectivity index (χ1) is 10.9. The standard InChI is InChI=1S/C17H14FNO3S/c1-12-2-8-16(9-3-12)23(20,21)11-15-10-22-17(19-15)13-4-6-14(18)7-5-13/h2-10H,11H2,1H3. The second-order valence-electron chi connectivity index (χ2n) is 5.22. The van der Waals surface area contributed by atoms with Gasteiger partial charge in [0.25, 0.3) is 0 Å². The van der Waals surface area contributed by atoms with Crippen LogP contribution in [0, 0.1) is 12.7 Å². The van der Waals surface area contributed by atoms with E-state index in [-0.39, 0.29) is 22.4 Å². The summed E-state index contributed by atoms with van der Waals surface area (Å²) < 4.78 is 43.0. The maximum absolute atomic E-state index is 12.9. The van der Waals surface area contributed by atoms with Crippen molar-refractivity contribution in [3.8, 4) is 11.5 Å². The Morgan fingerprint density at radius 2 is 1.70 bits per heavy atom. The molecule has 0 bridgehead atoms. The fourth-order valence-corrected chi connectivity index (χ4v) is 3.36. The van der Waals surface area contributed by atoms with E-state index in [0.29, 0.717) is 11.3 Å². The molecule has 4 nitrogen and oxygen atoms in total. The Kier molecular flexibility index (Phi) is 4.00. The molecule has 1 aromatic heterocycles. The van der Waals surface area contributed by atoms with Crippen molar-refractivity contribution in [3.63, 3.8) is 0 Å². The molecule has 2 aromatic carbocycles.